The summed E-state index contributed by atoms with van der Waals surface area (Å²) in [5.41, 5.74) is -0.839. The zero-order valence-electron chi connectivity index (χ0n) is 12.5. The molecule has 0 spiro atoms. The number of aliphatic hydroxyl groups is 2. The second kappa shape index (κ2) is 7.20. The maximum absolute atomic E-state index is 9.47. The lowest BCUT2D eigenvalue weighted by molar-refractivity contribution is 0.132. The topological polar surface area (TPSA) is 106 Å². The van der Waals surface area contributed by atoms with Crippen LogP contribution in [-0.2, 0) is 0 Å². The maximum atomic E-state index is 9.47. The Labute approximate surface area is 119 Å². The first-order valence-corrected chi connectivity index (χ1v) is 6.67. The minimum absolute atomic E-state index is 0.209. The summed E-state index contributed by atoms with van der Waals surface area (Å²) in [5.74, 6) is 1.28. The molecule has 0 aromatic carbocycles. The monoisotopic (exact) mass is 284 g/mol. The van der Waals surface area contributed by atoms with E-state index in [0.717, 1.165) is 0 Å². The van der Waals surface area contributed by atoms with Crippen molar-refractivity contribution in [1.82, 2.24) is 15.0 Å². The highest BCUT2D eigenvalue weighted by Gasteiger charge is 2.27. The van der Waals surface area contributed by atoms with Crippen LogP contribution in [-0.4, -0.2) is 64.6 Å². The van der Waals surface area contributed by atoms with E-state index < -0.39 is 5.54 Å². The highest BCUT2D eigenvalue weighted by Crippen LogP contribution is 2.18. The molecule has 8 nitrogen and oxygen atoms in total. The fourth-order valence-corrected chi connectivity index (χ4v) is 1.54. The largest absolute Gasteiger partial charge is 0.394 e. The Morgan fingerprint density at radius 1 is 1.05 bits per heavy atom. The van der Waals surface area contributed by atoms with Gasteiger partial charge in [-0.2, -0.15) is 15.0 Å². The first-order chi connectivity index (χ1) is 9.50. The molecule has 0 aliphatic heterocycles. The third kappa shape index (κ3) is 3.91. The molecule has 8 heteroatoms. The van der Waals surface area contributed by atoms with Crippen LogP contribution >= 0.6 is 0 Å². The van der Waals surface area contributed by atoms with E-state index in [1.165, 1.54) is 0 Å². The van der Waals surface area contributed by atoms with E-state index in [-0.39, 0.29) is 13.2 Å². The average molecular weight is 284 g/mol. The number of aliphatic hydroxyl groups excluding tert-OH is 2. The highest BCUT2D eigenvalue weighted by atomic mass is 16.3. The molecule has 0 saturated carbocycles. The molecule has 0 aliphatic rings. The Kier molecular flexibility index (Phi) is 5.90. The van der Waals surface area contributed by atoms with Crippen LogP contribution in [0.2, 0.25) is 0 Å². The molecule has 0 saturated heterocycles. The van der Waals surface area contributed by atoms with Crippen LogP contribution in [0.4, 0.5) is 17.8 Å². The minimum Gasteiger partial charge on any atom is -0.394 e. The van der Waals surface area contributed by atoms with Crippen molar-refractivity contribution in [2.75, 3.05) is 49.4 Å². The van der Waals surface area contributed by atoms with Crippen LogP contribution < -0.4 is 15.5 Å². The molecule has 0 aliphatic carbocycles. The normalized spacial score (nSPS) is 11.3. The van der Waals surface area contributed by atoms with Gasteiger partial charge in [0, 0.05) is 20.6 Å². The zero-order valence-corrected chi connectivity index (χ0v) is 12.5. The van der Waals surface area contributed by atoms with Crippen molar-refractivity contribution in [1.29, 1.82) is 0 Å². The van der Waals surface area contributed by atoms with Gasteiger partial charge in [-0.1, -0.05) is 6.92 Å². The summed E-state index contributed by atoms with van der Waals surface area (Å²) in [6.45, 7) is 4.09. The molecule has 0 atom stereocenters. The van der Waals surface area contributed by atoms with E-state index in [4.69, 9.17) is 0 Å². The molecular weight excluding hydrogens is 260 g/mol. The van der Waals surface area contributed by atoms with Crippen LogP contribution in [0.5, 0.6) is 0 Å². The van der Waals surface area contributed by atoms with Crippen LogP contribution in [0.15, 0.2) is 0 Å². The van der Waals surface area contributed by atoms with Gasteiger partial charge in [0.25, 0.3) is 0 Å². The Morgan fingerprint density at radius 3 is 2.10 bits per heavy atom. The van der Waals surface area contributed by atoms with E-state index in [1.807, 2.05) is 27.9 Å². The van der Waals surface area contributed by atoms with Crippen molar-refractivity contribution in [2.24, 2.45) is 0 Å². The smallest absolute Gasteiger partial charge is 0.231 e. The molecule has 1 aromatic rings. The number of hydrogen-bond donors (Lipinski definition) is 4. The summed E-state index contributed by atoms with van der Waals surface area (Å²) in [6.07, 6.45) is 0.541. The predicted molar refractivity (Wildman–Crippen MR) is 79.1 cm³/mol. The molecule has 4 N–H and O–H groups in total. The van der Waals surface area contributed by atoms with Gasteiger partial charge in [-0.25, -0.2) is 0 Å². The van der Waals surface area contributed by atoms with Crippen molar-refractivity contribution in [3.63, 3.8) is 0 Å². The van der Waals surface area contributed by atoms with Gasteiger partial charge in [-0.3, -0.25) is 0 Å². The zero-order chi connectivity index (χ0) is 15.2. The van der Waals surface area contributed by atoms with E-state index in [9.17, 15) is 10.2 Å². The molecule has 20 heavy (non-hydrogen) atoms. The average Bonchev–Trinajstić information content (AvgIpc) is 2.45. The van der Waals surface area contributed by atoms with Gasteiger partial charge in [0.1, 0.15) is 0 Å². The Morgan fingerprint density at radius 2 is 1.65 bits per heavy atom. The fourth-order valence-electron chi connectivity index (χ4n) is 1.54. The van der Waals surface area contributed by atoms with Gasteiger partial charge in [-0.15, -0.1) is 0 Å². The third-order valence-corrected chi connectivity index (χ3v) is 3.02. The van der Waals surface area contributed by atoms with E-state index in [2.05, 4.69) is 25.6 Å². The van der Waals surface area contributed by atoms with Crippen LogP contribution in [0, 0.1) is 0 Å². The highest BCUT2D eigenvalue weighted by molar-refractivity contribution is 5.44. The first kappa shape index (κ1) is 16.4. The lowest BCUT2D eigenvalue weighted by Crippen LogP contribution is -2.45. The fraction of sp³-hybridized carbons (Fsp3) is 0.750. The number of nitrogens with one attached hydrogen (secondary N) is 2. The summed E-state index contributed by atoms with van der Waals surface area (Å²) in [7, 11) is 3.67. The van der Waals surface area contributed by atoms with E-state index in [0.29, 0.717) is 30.8 Å². The molecule has 1 rings (SSSR count). The predicted octanol–water partition coefficient (Wildman–Crippen LogP) is -0.0853. The second-order valence-corrected chi connectivity index (χ2v) is 4.78. The second-order valence-electron chi connectivity index (χ2n) is 4.78. The van der Waals surface area contributed by atoms with Crippen molar-refractivity contribution < 1.29 is 10.2 Å². The first-order valence-electron chi connectivity index (χ1n) is 6.67. The van der Waals surface area contributed by atoms with Crippen molar-refractivity contribution in [3.8, 4) is 0 Å². The molecule has 114 valence electrons. The van der Waals surface area contributed by atoms with Gasteiger partial charge >= 0.3 is 0 Å². The molecule has 1 aromatic heterocycles. The quantitative estimate of drug-likeness (QED) is 0.525. The van der Waals surface area contributed by atoms with E-state index in [1.54, 1.807) is 4.90 Å². The van der Waals surface area contributed by atoms with Crippen LogP contribution in [0.25, 0.3) is 0 Å². The van der Waals surface area contributed by atoms with E-state index >= 15 is 0 Å². The van der Waals surface area contributed by atoms with Gasteiger partial charge in [0.15, 0.2) is 0 Å². The molecule has 0 fully saturated rings. The Bertz CT molecular complexity index is 414. The van der Waals surface area contributed by atoms with Gasteiger partial charge in [-0.05, 0) is 13.3 Å². The number of rotatable bonds is 8. The van der Waals surface area contributed by atoms with Gasteiger partial charge in [0.05, 0.1) is 18.8 Å². The lowest BCUT2D eigenvalue weighted by Gasteiger charge is -2.30. The summed E-state index contributed by atoms with van der Waals surface area (Å²) < 4.78 is 0. The summed E-state index contributed by atoms with van der Waals surface area (Å²) in [4.78, 5) is 14.5. The van der Waals surface area contributed by atoms with Crippen molar-refractivity contribution in [2.45, 2.75) is 25.8 Å². The Balaban J connectivity index is 3.09. The lowest BCUT2D eigenvalue weighted by atomic mass is 9.99. The summed E-state index contributed by atoms with van der Waals surface area (Å²) >= 11 is 0. The molecule has 0 radical (unpaired) electrons. The van der Waals surface area contributed by atoms with Crippen LogP contribution in [0.1, 0.15) is 20.3 Å². The van der Waals surface area contributed by atoms with Gasteiger partial charge < -0.3 is 25.7 Å². The van der Waals surface area contributed by atoms with Gasteiger partial charge in [0.2, 0.25) is 17.8 Å². The number of anilines is 3. The standard InChI is InChI=1S/C12H24N6O2/c1-5-12(7-19,8-20)17-10-14-9(13-6-2)15-11(16-10)18(3)4/h19-20H,5-8H2,1-4H3,(H2,13,14,15,16,17). The summed E-state index contributed by atoms with van der Waals surface area (Å²) in [5, 5.41) is 25.0. The van der Waals surface area contributed by atoms with Crippen molar-refractivity contribution in [3.05, 3.63) is 0 Å². The molecule has 1 heterocycles. The molecule has 0 unspecified atom stereocenters. The number of aromatic nitrogens is 3. The number of nitrogens with zero attached hydrogens (tertiary/aromatic N) is 4. The molecular formula is C12H24N6O2. The third-order valence-electron chi connectivity index (χ3n) is 3.02. The number of hydrogen-bond acceptors (Lipinski definition) is 8. The van der Waals surface area contributed by atoms with Crippen LogP contribution in [0.3, 0.4) is 0 Å². The molecule has 0 amide bonds. The minimum atomic E-state index is -0.839. The SMILES string of the molecule is CCNc1nc(NC(CC)(CO)CO)nc(N(C)C)n1. The maximum Gasteiger partial charge on any atom is 0.231 e. The molecule has 0 bridgehead atoms. The van der Waals surface area contributed by atoms with Crippen molar-refractivity contribution >= 4 is 17.8 Å². The summed E-state index contributed by atoms with van der Waals surface area (Å²) in [6, 6.07) is 0. The Hall–Kier alpha value is -1.67.